The van der Waals surface area contributed by atoms with Crippen molar-refractivity contribution < 1.29 is 43.0 Å². The van der Waals surface area contributed by atoms with E-state index in [9.17, 15) is 28.8 Å². The number of carbonyl (C=O) groups excluding carboxylic acids is 6. The molecule has 3 N–H and O–H groups in total. The Morgan fingerprint density at radius 3 is 2.13 bits per heavy atom. The van der Waals surface area contributed by atoms with Crippen molar-refractivity contribution in [2.24, 2.45) is 4.99 Å². The molecule has 1 aliphatic heterocycles. The van der Waals surface area contributed by atoms with Crippen molar-refractivity contribution >= 4 is 63.7 Å². The summed E-state index contributed by atoms with van der Waals surface area (Å²) >= 11 is 1.92. The van der Waals surface area contributed by atoms with Crippen molar-refractivity contribution in [1.29, 1.82) is 0 Å². The van der Waals surface area contributed by atoms with Crippen LogP contribution in [-0.4, -0.2) is 89.6 Å². The third kappa shape index (κ3) is 12.8. The van der Waals surface area contributed by atoms with Crippen molar-refractivity contribution in [2.75, 3.05) is 24.8 Å². The molecule has 13 nitrogen and oxygen atoms in total. The largest absolute Gasteiger partial charge is 0.466 e. The Hall–Kier alpha value is -3.66. The first kappa shape index (κ1) is 39.5. The van der Waals surface area contributed by atoms with E-state index >= 15 is 0 Å². The Morgan fingerprint density at radius 2 is 1.55 bits per heavy atom. The van der Waals surface area contributed by atoms with Crippen LogP contribution in [0.2, 0.25) is 0 Å². The number of rotatable bonds is 19. The van der Waals surface area contributed by atoms with E-state index in [1.807, 2.05) is 35.6 Å². The molecule has 1 heterocycles. The second kappa shape index (κ2) is 19.9. The van der Waals surface area contributed by atoms with Crippen LogP contribution in [0, 0.1) is 0 Å². The van der Waals surface area contributed by atoms with Crippen LogP contribution in [0.25, 0.3) is 0 Å². The number of ketones is 1. The van der Waals surface area contributed by atoms with Gasteiger partial charge in [-0.15, -0.1) is 0 Å². The van der Waals surface area contributed by atoms with E-state index in [1.165, 1.54) is 20.2 Å². The zero-order chi connectivity index (χ0) is 35.0. The molecule has 3 amide bonds. The molecule has 0 bridgehead atoms. The van der Waals surface area contributed by atoms with E-state index in [-0.39, 0.29) is 43.3 Å². The average molecular weight is 769 g/mol. The Kier molecular flexibility index (Phi) is 16.7. The fraction of sp³-hybridized carbons (Fsp3) is 0.545. The van der Waals surface area contributed by atoms with Gasteiger partial charge in [0.15, 0.2) is 11.4 Å². The second-order valence-electron chi connectivity index (χ2n) is 11.2. The number of amides is 3. The van der Waals surface area contributed by atoms with Crippen LogP contribution in [0.3, 0.4) is 0 Å². The van der Waals surface area contributed by atoms with Gasteiger partial charge in [-0.3, -0.25) is 33.8 Å². The lowest BCUT2D eigenvalue weighted by atomic mass is 9.92. The Labute approximate surface area is 289 Å². The minimum absolute atomic E-state index is 0.0628. The van der Waals surface area contributed by atoms with E-state index < -0.39 is 59.2 Å². The highest BCUT2D eigenvalue weighted by Crippen LogP contribution is 2.21. The predicted molar refractivity (Wildman–Crippen MR) is 183 cm³/mol. The van der Waals surface area contributed by atoms with Gasteiger partial charge in [0, 0.05) is 29.0 Å². The number of benzene rings is 1. The number of ether oxygens (including phenoxy) is 3. The molecular formula is C33H45IN4O9. The minimum Gasteiger partial charge on any atom is -0.466 e. The quantitative estimate of drug-likeness (QED) is 0.108. The van der Waals surface area contributed by atoms with Crippen LogP contribution in [0.15, 0.2) is 47.1 Å². The molecule has 1 aliphatic rings. The molecule has 0 aromatic heterocycles. The van der Waals surface area contributed by atoms with Crippen molar-refractivity contribution in [3.63, 3.8) is 0 Å². The summed E-state index contributed by atoms with van der Waals surface area (Å²) in [5, 5.41) is 8.07. The summed E-state index contributed by atoms with van der Waals surface area (Å²) < 4.78 is 15.7. The van der Waals surface area contributed by atoms with Crippen LogP contribution < -0.4 is 16.0 Å². The molecule has 1 aromatic rings. The van der Waals surface area contributed by atoms with Crippen molar-refractivity contribution in [2.45, 2.75) is 89.9 Å². The van der Waals surface area contributed by atoms with Gasteiger partial charge in [0.1, 0.15) is 12.1 Å². The van der Waals surface area contributed by atoms with Crippen LogP contribution in [0.5, 0.6) is 0 Å². The van der Waals surface area contributed by atoms with Crippen molar-refractivity contribution in [3.05, 3.63) is 47.7 Å². The molecule has 0 spiro atoms. The SMILES string of the molecule is CCOC(=O)CCC(=O)O[C@](C)(CI)C(=O)[C@H](Cc1ccccc1)NC(=O)[C@H](COC)NC(=O)[C@H](CC)NC(=O)C1=CN=C(C)CC1. The maximum Gasteiger partial charge on any atom is 0.307 e. The molecule has 14 heteroatoms. The molecule has 47 heavy (non-hydrogen) atoms. The summed E-state index contributed by atoms with van der Waals surface area (Å²) in [6.45, 7) is 6.64. The molecule has 0 radical (unpaired) electrons. The van der Waals surface area contributed by atoms with Gasteiger partial charge in [0.2, 0.25) is 17.7 Å². The number of halogens is 1. The van der Waals surface area contributed by atoms with Gasteiger partial charge < -0.3 is 30.2 Å². The van der Waals surface area contributed by atoms with Crippen LogP contribution in [0.1, 0.15) is 65.4 Å². The molecule has 2 rings (SSSR count). The molecule has 0 aliphatic carbocycles. The van der Waals surface area contributed by atoms with Crippen molar-refractivity contribution in [1.82, 2.24) is 16.0 Å². The monoisotopic (exact) mass is 768 g/mol. The lowest BCUT2D eigenvalue weighted by Gasteiger charge is -2.31. The Balaban J connectivity index is 2.23. The first-order valence-electron chi connectivity index (χ1n) is 15.5. The van der Waals surface area contributed by atoms with Gasteiger partial charge in [-0.1, -0.05) is 59.8 Å². The zero-order valence-corrected chi connectivity index (χ0v) is 29.7. The van der Waals surface area contributed by atoms with E-state index in [1.54, 1.807) is 38.1 Å². The van der Waals surface area contributed by atoms with Crippen LogP contribution in [-0.2, 0) is 49.4 Å². The third-order valence-corrected chi connectivity index (χ3v) is 8.81. The lowest BCUT2D eigenvalue weighted by Crippen LogP contribution is -2.60. The predicted octanol–water partition coefficient (Wildman–Crippen LogP) is 2.53. The molecule has 0 saturated heterocycles. The highest BCUT2D eigenvalue weighted by atomic mass is 127. The Morgan fingerprint density at radius 1 is 0.915 bits per heavy atom. The number of nitrogens with one attached hydrogen (secondary N) is 3. The van der Waals surface area contributed by atoms with Crippen LogP contribution in [0.4, 0.5) is 0 Å². The van der Waals surface area contributed by atoms with Crippen molar-refractivity contribution in [3.8, 4) is 0 Å². The number of nitrogens with zero attached hydrogens (tertiary/aromatic N) is 1. The smallest absolute Gasteiger partial charge is 0.307 e. The van der Waals surface area contributed by atoms with Gasteiger partial charge in [-0.05, 0) is 52.0 Å². The number of alkyl halides is 1. The number of aliphatic imine (C=N–C) groups is 1. The third-order valence-electron chi connectivity index (χ3n) is 7.35. The molecule has 0 fully saturated rings. The van der Waals surface area contributed by atoms with E-state index in [4.69, 9.17) is 14.2 Å². The number of hydrogen-bond acceptors (Lipinski definition) is 10. The minimum atomic E-state index is -1.65. The molecular weight excluding hydrogens is 723 g/mol. The lowest BCUT2D eigenvalue weighted by molar-refractivity contribution is -0.165. The first-order valence-corrected chi connectivity index (χ1v) is 17.0. The summed E-state index contributed by atoms with van der Waals surface area (Å²) in [6.07, 6.45) is 2.47. The number of methoxy groups -OCH3 is 1. The summed E-state index contributed by atoms with van der Waals surface area (Å²) in [5.41, 5.74) is 0.450. The van der Waals surface area contributed by atoms with Gasteiger partial charge in [0.05, 0.1) is 32.1 Å². The molecule has 0 unspecified atom stereocenters. The molecule has 0 saturated carbocycles. The van der Waals surface area contributed by atoms with Gasteiger partial charge in [-0.25, -0.2) is 0 Å². The molecule has 258 valence electrons. The van der Waals surface area contributed by atoms with Gasteiger partial charge >= 0.3 is 11.9 Å². The maximum atomic E-state index is 14.0. The molecule has 1 aromatic carbocycles. The standard InChI is InChI=1S/C33H45IN4O9/c1-6-24(36-30(42)23-14-13-21(3)35-18-23)31(43)38-26(19-45-5)32(44)37-25(17-22-11-9-8-10-12-22)29(41)33(4,20-34)47-28(40)16-15-27(39)46-7-2/h8-12,18,24-26H,6-7,13-17,19-20H2,1-5H3,(H,36,42)(H,37,44)(H,38,43)/t24-,25-,26-,33+/m0/s1. The number of esters is 2. The van der Waals surface area contributed by atoms with Crippen LogP contribution >= 0.6 is 22.6 Å². The number of hydrogen-bond donors (Lipinski definition) is 3. The fourth-order valence-electron chi connectivity index (χ4n) is 4.61. The van der Waals surface area contributed by atoms with Gasteiger partial charge in [-0.2, -0.15) is 0 Å². The second-order valence-corrected chi connectivity index (χ2v) is 12.0. The number of Topliss-reactive ketones (excluding diaryl/α,β-unsaturated/α-hetero) is 1. The highest BCUT2D eigenvalue weighted by molar-refractivity contribution is 14.1. The van der Waals surface area contributed by atoms with E-state index in [0.717, 1.165) is 11.3 Å². The normalized spacial score (nSPS) is 15.8. The highest BCUT2D eigenvalue weighted by Gasteiger charge is 2.42. The van der Waals surface area contributed by atoms with Gasteiger partial charge in [0.25, 0.3) is 0 Å². The number of carbonyl (C=O) groups is 6. The summed E-state index contributed by atoms with van der Waals surface area (Å²) in [6, 6.07) is 5.64. The Bertz CT molecular complexity index is 1330. The van der Waals surface area contributed by atoms with E-state index in [2.05, 4.69) is 20.9 Å². The fourth-order valence-corrected chi connectivity index (χ4v) is 5.15. The average Bonchev–Trinajstić information content (AvgIpc) is 3.06. The molecule has 4 atom stereocenters. The first-order chi connectivity index (χ1) is 22.4. The zero-order valence-electron chi connectivity index (χ0n) is 27.6. The summed E-state index contributed by atoms with van der Waals surface area (Å²) in [7, 11) is 1.36. The van der Waals surface area contributed by atoms with E-state index in [0.29, 0.717) is 18.4 Å². The summed E-state index contributed by atoms with van der Waals surface area (Å²) in [5.74, 6) is -3.63. The maximum absolute atomic E-state index is 14.0. The topological polar surface area (TPSA) is 179 Å². The summed E-state index contributed by atoms with van der Waals surface area (Å²) in [4.78, 5) is 82.2.